The Balaban J connectivity index is 4.37. The number of amides is 2. The molecule has 0 radical (unpaired) electrons. The highest BCUT2D eigenvalue weighted by Crippen LogP contribution is 2.19. The van der Waals surface area contributed by atoms with Crippen molar-refractivity contribution >= 4 is 6.03 Å². The van der Waals surface area contributed by atoms with Gasteiger partial charge in [-0.1, -0.05) is 27.7 Å². The number of carbonyl (C=O) groups excluding carboxylic acids is 1. The first-order chi connectivity index (χ1) is 8.06. The van der Waals surface area contributed by atoms with E-state index in [4.69, 9.17) is 10.2 Å². The molecule has 18 heavy (non-hydrogen) atoms. The summed E-state index contributed by atoms with van der Waals surface area (Å²) in [6, 6.07) is -0.780. The van der Waals surface area contributed by atoms with Gasteiger partial charge in [-0.3, -0.25) is 0 Å². The molecule has 0 bridgehead atoms. The fraction of sp³-hybridized carbons (Fsp3) is 0.909. The minimum absolute atomic E-state index is 0.306. The molecule has 0 saturated heterocycles. The summed E-state index contributed by atoms with van der Waals surface area (Å²) < 4.78 is 0. The van der Waals surface area contributed by atoms with Crippen LogP contribution in [0.3, 0.4) is 0 Å². The van der Waals surface area contributed by atoms with Crippen LogP contribution in [0.15, 0.2) is 0 Å². The first-order valence-electron chi connectivity index (χ1n) is 5.71. The third kappa shape index (κ3) is 4.77. The van der Waals surface area contributed by atoms with Crippen LogP contribution in [0.25, 0.3) is 0 Å². The lowest BCUT2D eigenvalue weighted by molar-refractivity contribution is -0.0194. The molecular formula is C11H24N2O5. The van der Waals surface area contributed by atoms with Crippen molar-refractivity contribution in [2.24, 2.45) is 10.8 Å². The molecule has 0 heterocycles. The van der Waals surface area contributed by atoms with Crippen LogP contribution < -0.4 is 10.6 Å². The number of aliphatic hydroxyl groups is 4. The maximum absolute atomic E-state index is 11.5. The number of hydrogen-bond acceptors (Lipinski definition) is 5. The number of urea groups is 1. The van der Waals surface area contributed by atoms with E-state index in [1.165, 1.54) is 0 Å². The Morgan fingerprint density at radius 2 is 1.22 bits per heavy atom. The molecular weight excluding hydrogens is 240 g/mol. The largest absolute Gasteiger partial charge is 0.396 e. The van der Waals surface area contributed by atoms with Gasteiger partial charge in [0, 0.05) is 10.8 Å². The molecule has 0 aromatic carbocycles. The maximum Gasteiger partial charge on any atom is 0.318 e. The predicted octanol–water partition coefficient (Wildman–Crippen LogP) is -1.04. The molecule has 6 N–H and O–H groups in total. The third-order valence-electron chi connectivity index (χ3n) is 2.83. The van der Waals surface area contributed by atoms with E-state index in [2.05, 4.69) is 10.6 Å². The van der Waals surface area contributed by atoms with Crippen LogP contribution in [-0.2, 0) is 0 Å². The van der Waals surface area contributed by atoms with Crippen LogP contribution in [-0.4, -0.2) is 52.1 Å². The van der Waals surface area contributed by atoms with Crippen molar-refractivity contribution in [3.8, 4) is 0 Å². The van der Waals surface area contributed by atoms with Gasteiger partial charge in [-0.05, 0) is 0 Å². The normalized spacial score (nSPS) is 16.0. The summed E-state index contributed by atoms with van der Waals surface area (Å²) in [6.07, 6.45) is -2.51. The van der Waals surface area contributed by atoms with Gasteiger partial charge in [-0.2, -0.15) is 0 Å². The van der Waals surface area contributed by atoms with Gasteiger partial charge in [-0.15, -0.1) is 0 Å². The zero-order valence-electron chi connectivity index (χ0n) is 11.3. The Labute approximate surface area is 107 Å². The lowest BCUT2D eigenvalue weighted by Gasteiger charge is -2.32. The zero-order chi connectivity index (χ0) is 14.6. The summed E-state index contributed by atoms with van der Waals surface area (Å²) in [4.78, 5) is 11.5. The number of aliphatic hydroxyl groups excluding tert-OH is 4. The van der Waals surface area contributed by atoms with Crippen molar-refractivity contribution in [3.05, 3.63) is 0 Å². The molecule has 0 aromatic rings. The van der Waals surface area contributed by atoms with Gasteiger partial charge in [-0.25, -0.2) is 4.79 Å². The van der Waals surface area contributed by atoms with Gasteiger partial charge >= 0.3 is 6.03 Å². The highest BCUT2D eigenvalue weighted by Gasteiger charge is 2.31. The van der Waals surface area contributed by atoms with Crippen LogP contribution in [0, 0.1) is 10.8 Å². The standard InChI is InChI=1S/C11H24N2O5/c1-10(2,5-14)7(16)12-9(18)13-8(17)11(3,4)6-15/h7-8,14-17H,5-6H2,1-4H3,(H2,12,13,18). The molecule has 0 fully saturated rings. The topological polar surface area (TPSA) is 122 Å². The van der Waals surface area contributed by atoms with Crippen molar-refractivity contribution in [2.75, 3.05) is 13.2 Å². The number of carbonyl (C=O) groups is 1. The average molecular weight is 264 g/mol. The Hall–Kier alpha value is -0.890. The van der Waals surface area contributed by atoms with Gasteiger partial charge < -0.3 is 31.1 Å². The number of rotatable bonds is 6. The van der Waals surface area contributed by atoms with E-state index in [1.807, 2.05) is 0 Å². The van der Waals surface area contributed by atoms with Crippen LogP contribution in [0.4, 0.5) is 4.79 Å². The second kappa shape index (κ2) is 6.33. The highest BCUT2D eigenvalue weighted by molar-refractivity contribution is 5.74. The minimum Gasteiger partial charge on any atom is -0.396 e. The van der Waals surface area contributed by atoms with Gasteiger partial charge in [0.05, 0.1) is 13.2 Å². The molecule has 0 aliphatic carbocycles. The SMILES string of the molecule is CC(C)(CO)C(O)NC(=O)NC(O)C(C)(C)CO. The first-order valence-corrected chi connectivity index (χ1v) is 5.71. The van der Waals surface area contributed by atoms with E-state index >= 15 is 0 Å². The summed E-state index contributed by atoms with van der Waals surface area (Å²) in [7, 11) is 0. The van der Waals surface area contributed by atoms with Gasteiger partial charge in [0.15, 0.2) is 0 Å². The molecule has 0 spiro atoms. The molecule has 0 aliphatic heterocycles. The second-order valence-electron chi connectivity index (χ2n) is 5.72. The van der Waals surface area contributed by atoms with E-state index in [9.17, 15) is 15.0 Å². The van der Waals surface area contributed by atoms with E-state index in [-0.39, 0.29) is 13.2 Å². The molecule has 0 aromatic heterocycles. The van der Waals surface area contributed by atoms with Crippen molar-refractivity contribution in [2.45, 2.75) is 40.2 Å². The van der Waals surface area contributed by atoms with E-state index in [1.54, 1.807) is 27.7 Å². The average Bonchev–Trinajstić information content (AvgIpc) is 2.28. The van der Waals surface area contributed by atoms with Gasteiger partial charge in [0.2, 0.25) is 0 Å². The van der Waals surface area contributed by atoms with Crippen LogP contribution in [0.2, 0.25) is 0 Å². The molecule has 2 amide bonds. The summed E-state index contributed by atoms with van der Waals surface area (Å²) >= 11 is 0. The van der Waals surface area contributed by atoms with E-state index in [0.29, 0.717) is 0 Å². The predicted molar refractivity (Wildman–Crippen MR) is 65.4 cm³/mol. The van der Waals surface area contributed by atoms with Crippen molar-refractivity contribution in [1.82, 2.24) is 10.6 Å². The fourth-order valence-electron chi connectivity index (χ4n) is 0.854. The monoisotopic (exact) mass is 264 g/mol. The Morgan fingerprint density at radius 1 is 0.944 bits per heavy atom. The van der Waals surface area contributed by atoms with Gasteiger partial charge in [0.1, 0.15) is 12.5 Å². The molecule has 7 heteroatoms. The van der Waals surface area contributed by atoms with E-state index < -0.39 is 29.3 Å². The van der Waals surface area contributed by atoms with Crippen molar-refractivity contribution in [3.63, 3.8) is 0 Å². The summed E-state index contributed by atoms with van der Waals surface area (Å²) in [5.41, 5.74) is -1.79. The number of nitrogens with one attached hydrogen (secondary N) is 2. The third-order valence-corrected chi connectivity index (χ3v) is 2.83. The quantitative estimate of drug-likeness (QED) is 0.342. The smallest absolute Gasteiger partial charge is 0.318 e. The lowest BCUT2D eigenvalue weighted by atomic mass is 9.92. The first kappa shape index (κ1) is 17.1. The fourth-order valence-corrected chi connectivity index (χ4v) is 0.854. The Bertz CT molecular complexity index is 255. The molecule has 2 unspecified atom stereocenters. The molecule has 108 valence electrons. The molecule has 0 saturated carbocycles. The van der Waals surface area contributed by atoms with Crippen LogP contribution in [0.1, 0.15) is 27.7 Å². The molecule has 0 aliphatic rings. The zero-order valence-corrected chi connectivity index (χ0v) is 11.3. The van der Waals surface area contributed by atoms with Crippen LogP contribution >= 0.6 is 0 Å². The molecule has 0 rings (SSSR count). The maximum atomic E-state index is 11.5. The summed E-state index contributed by atoms with van der Waals surface area (Å²) in [5.74, 6) is 0. The van der Waals surface area contributed by atoms with Crippen LogP contribution in [0.5, 0.6) is 0 Å². The number of hydrogen-bond donors (Lipinski definition) is 6. The van der Waals surface area contributed by atoms with Crippen molar-refractivity contribution in [1.29, 1.82) is 0 Å². The lowest BCUT2D eigenvalue weighted by Crippen LogP contribution is -2.55. The summed E-state index contributed by atoms with van der Waals surface area (Å²) in [6.45, 7) is 5.69. The Kier molecular flexibility index (Phi) is 6.01. The highest BCUT2D eigenvalue weighted by atomic mass is 16.3. The molecule has 7 nitrogen and oxygen atoms in total. The molecule has 2 atom stereocenters. The van der Waals surface area contributed by atoms with E-state index in [0.717, 1.165) is 0 Å². The summed E-state index contributed by atoms with van der Waals surface area (Å²) in [5, 5.41) is 41.7. The Morgan fingerprint density at radius 3 is 1.44 bits per heavy atom. The minimum atomic E-state index is -1.26. The van der Waals surface area contributed by atoms with Crippen molar-refractivity contribution < 1.29 is 25.2 Å². The van der Waals surface area contributed by atoms with Gasteiger partial charge in [0.25, 0.3) is 0 Å². The second-order valence-corrected chi connectivity index (χ2v) is 5.72.